The second-order valence-corrected chi connectivity index (χ2v) is 3.44. The first kappa shape index (κ1) is 12.5. The Morgan fingerprint density at radius 1 is 1.56 bits per heavy atom. The Morgan fingerprint density at radius 3 is 2.94 bits per heavy atom. The topological polar surface area (TPSA) is 72.5 Å². The summed E-state index contributed by atoms with van der Waals surface area (Å²) in [5.41, 5.74) is 6.08. The summed E-state index contributed by atoms with van der Waals surface area (Å²) in [6, 6.07) is 5.01. The molecule has 16 heavy (non-hydrogen) atoms. The number of rotatable bonds is 5. The Hall–Kier alpha value is -1.52. The summed E-state index contributed by atoms with van der Waals surface area (Å²) in [6.45, 7) is 0.00477. The van der Waals surface area contributed by atoms with Crippen LogP contribution in [0, 0.1) is 0 Å². The first-order chi connectivity index (χ1) is 7.63. The van der Waals surface area contributed by atoms with Crippen molar-refractivity contribution in [2.45, 2.75) is 0 Å². The number of carboxylic acid groups (broad SMARTS) is 1. The van der Waals surface area contributed by atoms with E-state index in [2.05, 4.69) is 0 Å². The molecule has 0 aliphatic heterocycles. The van der Waals surface area contributed by atoms with Gasteiger partial charge in [-0.3, -0.25) is 0 Å². The van der Waals surface area contributed by atoms with Crippen molar-refractivity contribution >= 4 is 23.6 Å². The Bertz CT molecular complexity index is 404. The van der Waals surface area contributed by atoms with Gasteiger partial charge in [-0.25, -0.2) is 4.79 Å². The molecule has 0 unspecified atom stereocenters. The van der Waals surface area contributed by atoms with E-state index < -0.39 is 12.6 Å². The number of benzene rings is 1. The van der Waals surface area contributed by atoms with Crippen LogP contribution in [0.4, 0.5) is 0 Å². The smallest absolute Gasteiger partial charge is 0.341 e. The average Bonchev–Trinajstić information content (AvgIpc) is 2.25. The maximum atomic E-state index is 10.4. The van der Waals surface area contributed by atoms with Crippen molar-refractivity contribution in [3.63, 3.8) is 0 Å². The van der Waals surface area contributed by atoms with Gasteiger partial charge in [0.25, 0.3) is 0 Å². The first-order valence-corrected chi connectivity index (χ1v) is 5.02. The Labute approximate surface area is 98.3 Å². The molecular weight excluding hydrogens is 230 g/mol. The van der Waals surface area contributed by atoms with Gasteiger partial charge in [-0.1, -0.05) is 23.8 Å². The maximum Gasteiger partial charge on any atom is 0.341 e. The summed E-state index contributed by atoms with van der Waals surface area (Å²) in [7, 11) is 0. The number of aliphatic carboxylic acids is 1. The fourth-order valence-electron chi connectivity index (χ4n) is 1.11. The van der Waals surface area contributed by atoms with Crippen LogP contribution in [0.3, 0.4) is 0 Å². The van der Waals surface area contributed by atoms with Crippen LogP contribution in [0.15, 0.2) is 24.3 Å². The van der Waals surface area contributed by atoms with Crippen molar-refractivity contribution in [1.29, 1.82) is 0 Å². The van der Waals surface area contributed by atoms with Crippen LogP contribution < -0.4 is 10.5 Å². The zero-order valence-corrected chi connectivity index (χ0v) is 9.28. The molecule has 4 nitrogen and oxygen atoms in total. The van der Waals surface area contributed by atoms with Crippen molar-refractivity contribution in [3.05, 3.63) is 34.9 Å². The summed E-state index contributed by atoms with van der Waals surface area (Å²) < 4.78 is 5.10. The van der Waals surface area contributed by atoms with Crippen LogP contribution in [0.2, 0.25) is 5.02 Å². The molecule has 0 atom stereocenters. The van der Waals surface area contributed by atoms with Crippen molar-refractivity contribution in [2.24, 2.45) is 5.73 Å². The minimum Gasteiger partial charge on any atom is -0.481 e. The second kappa shape index (κ2) is 6.15. The molecular formula is C11H12ClNO3. The summed E-state index contributed by atoms with van der Waals surface area (Å²) in [6.07, 6.45) is 3.50. The second-order valence-electron chi connectivity index (χ2n) is 3.00. The molecule has 3 N–H and O–H groups in total. The lowest BCUT2D eigenvalue weighted by molar-refractivity contribution is -0.139. The Kier molecular flexibility index (Phi) is 4.82. The molecule has 0 saturated heterocycles. The number of hydrogen-bond acceptors (Lipinski definition) is 3. The maximum absolute atomic E-state index is 10.4. The van der Waals surface area contributed by atoms with Gasteiger partial charge in [-0.2, -0.15) is 0 Å². The summed E-state index contributed by atoms with van der Waals surface area (Å²) >= 11 is 5.79. The summed E-state index contributed by atoms with van der Waals surface area (Å²) in [4.78, 5) is 10.4. The van der Waals surface area contributed by atoms with Gasteiger partial charge in [0, 0.05) is 17.1 Å². The lowest BCUT2D eigenvalue weighted by Gasteiger charge is -2.07. The molecule has 0 fully saturated rings. The fraction of sp³-hybridized carbons (Fsp3) is 0.182. The molecule has 86 valence electrons. The number of carbonyl (C=O) groups is 1. The van der Waals surface area contributed by atoms with E-state index in [1.165, 1.54) is 0 Å². The molecule has 0 bridgehead atoms. The predicted octanol–water partition coefficient (Wildman–Crippen LogP) is 1.78. The molecule has 0 radical (unpaired) electrons. The number of carboxylic acids is 1. The molecule has 5 heteroatoms. The number of hydrogen-bond donors (Lipinski definition) is 2. The van der Waals surface area contributed by atoms with Gasteiger partial charge in [-0.15, -0.1) is 0 Å². The van der Waals surface area contributed by atoms with E-state index in [4.69, 9.17) is 27.2 Å². The molecule has 0 heterocycles. The monoisotopic (exact) mass is 241 g/mol. The van der Waals surface area contributed by atoms with Crippen molar-refractivity contribution < 1.29 is 14.6 Å². The van der Waals surface area contributed by atoms with Crippen LogP contribution in [0.1, 0.15) is 5.56 Å². The third-order valence-electron chi connectivity index (χ3n) is 1.76. The molecule has 0 aromatic heterocycles. The van der Waals surface area contributed by atoms with Gasteiger partial charge < -0.3 is 15.6 Å². The molecule has 0 saturated carbocycles. The summed E-state index contributed by atoms with van der Waals surface area (Å²) in [5.74, 6) is -0.603. The molecule has 0 aliphatic carbocycles. The van der Waals surface area contributed by atoms with Crippen LogP contribution in [0.25, 0.3) is 6.08 Å². The van der Waals surface area contributed by atoms with Crippen molar-refractivity contribution in [1.82, 2.24) is 0 Å². The van der Waals surface area contributed by atoms with Crippen molar-refractivity contribution in [2.75, 3.05) is 13.2 Å². The van der Waals surface area contributed by atoms with E-state index in [1.807, 2.05) is 0 Å². The highest BCUT2D eigenvalue weighted by Crippen LogP contribution is 2.24. The van der Waals surface area contributed by atoms with Crippen LogP contribution >= 0.6 is 11.6 Å². The van der Waals surface area contributed by atoms with Crippen LogP contribution in [-0.2, 0) is 4.79 Å². The first-order valence-electron chi connectivity index (χ1n) is 4.64. The van der Waals surface area contributed by atoms with Crippen LogP contribution in [-0.4, -0.2) is 24.2 Å². The van der Waals surface area contributed by atoms with E-state index in [0.717, 1.165) is 5.56 Å². The highest BCUT2D eigenvalue weighted by molar-refractivity contribution is 6.30. The van der Waals surface area contributed by atoms with E-state index in [1.54, 1.807) is 30.4 Å². The van der Waals surface area contributed by atoms with E-state index in [0.29, 0.717) is 17.3 Å². The molecule has 1 aromatic carbocycles. The molecule has 1 rings (SSSR count). The van der Waals surface area contributed by atoms with Gasteiger partial charge in [0.15, 0.2) is 6.61 Å². The predicted molar refractivity (Wildman–Crippen MR) is 62.7 cm³/mol. The van der Waals surface area contributed by atoms with Crippen LogP contribution in [0.5, 0.6) is 5.75 Å². The molecule has 1 aromatic rings. The highest BCUT2D eigenvalue weighted by Gasteiger charge is 2.04. The lowest BCUT2D eigenvalue weighted by Crippen LogP contribution is -2.10. The van der Waals surface area contributed by atoms with Gasteiger partial charge >= 0.3 is 5.97 Å². The van der Waals surface area contributed by atoms with Gasteiger partial charge in [0.1, 0.15) is 5.75 Å². The van der Waals surface area contributed by atoms with Gasteiger partial charge in [0.05, 0.1) is 0 Å². The Balaban J connectivity index is 2.89. The minimum atomic E-state index is -1.03. The SMILES string of the molecule is NCC=Cc1ccc(Cl)cc1OCC(=O)O. The molecule has 0 aliphatic rings. The number of nitrogens with two attached hydrogens (primary N) is 1. The number of halogens is 1. The molecule has 0 spiro atoms. The van der Waals surface area contributed by atoms with Gasteiger partial charge in [0.2, 0.25) is 0 Å². The normalized spacial score (nSPS) is 10.6. The lowest BCUT2D eigenvalue weighted by atomic mass is 10.2. The third kappa shape index (κ3) is 3.92. The zero-order valence-electron chi connectivity index (χ0n) is 8.52. The number of ether oxygens (including phenoxy) is 1. The van der Waals surface area contributed by atoms with Crippen molar-refractivity contribution in [3.8, 4) is 5.75 Å². The fourth-order valence-corrected chi connectivity index (χ4v) is 1.27. The van der Waals surface area contributed by atoms with E-state index in [-0.39, 0.29) is 0 Å². The minimum absolute atomic E-state index is 0.399. The summed E-state index contributed by atoms with van der Waals surface area (Å²) in [5, 5.41) is 9.01. The molecule has 0 amide bonds. The standard InChI is InChI=1S/C11H12ClNO3/c12-9-4-3-8(2-1-5-13)10(6-9)16-7-11(14)15/h1-4,6H,5,7,13H2,(H,14,15). The third-order valence-corrected chi connectivity index (χ3v) is 2.00. The van der Waals surface area contributed by atoms with E-state index >= 15 is 0 Å². The largest absolute Gasteiger partial charge is 0.481 e. The quantitative estimate of drug-likeness (QED) is 0.824. The average molecular weight is 242 g/mol. The zero-order chi connectivity index (χ0) is 12.0. The van der Waals surface area contributed by atoms with E-state index in [9.17, 15) is 4.79 Å². The van der Waals surface area contributed by atoms with Gasteiger partial charge in [-0.05, 0) is 18.2 Å². The highest BCUT2D eigenvalue weighted by atomic mass is 35.5. The Morgan fingerprint density at radius 2 is 2.31 bits per heavy atom.